The van der Waals surface area contributed by atoms with Crippen LogP contribution in [0.5, 0.6) is 0 Å². The molecular weight excluding hydrogens is 444 g/mol. The van der Waals surface area contributed by atoms with E-state index in [1.807, 2.05) is 0 Å². The van der Waals surface area contributed by atoms with Gasteiger partial charge in [0.15, 0.2) is 0 Å². The second kappa shape index (κ2) is 37.2. The second-order valence-corrected chi connectivity index (χ2v) is 1.32. The molecule has 1 aliphatic rings. The molecular formula is C6H14Br2OZn3. The third kappa shape index (κ3) is 29.3. The molecule has 0 bridgehead atoms. The van der Waals surface area contributed by atoms with Gasteiger partial charge in [0.1, 0.15) is 0 Å². The Balaban J connectivity index is -0.0000000213. The van der Waals surface area contributed by atoms with Gasteiger partial charge in [0, 0.05) is 32.7 Å². The standard InChI is InChI=1S/C4H8O.2CH3.2BrH.3Zn/c1-2-4-5-3-1;;;;;;;/h1-4H2;2*1H3;2*1H;;;/q;2*-1;;;;2*+2/p-2. The number of halogens is 2. The number of hydrogen-bond donors (Lipinski definition) is 0. The van der Waals surface area contributed by atoms with Gasteiger partial charge in [-0.3, -0.25) is 0 Å². The van der Waals surface area contributed by atoms with E-state index in [1.54, 1.807) is 0 Å². The van der Waals surface area contributed by atoms with Crippen LogP contribution in [0.1, 0.15) is 12.8 Å². The Labute approximate surface area is 123 Å². The van der Waals surface area contributed by atoms with Crippen LogP contribution in [0.25, 0.3) is 0 Å². The van der Waals surface area contributed by atoms with Crippen molar-refractivity contribution in [2.24, 2.45) is 0 Å². The monoisotopic (exact) mass is 452 g/mol. The largest absolute Gasteiger partial charge is 0 e. The molecule has 6 heteroatoms. The molecule has 0 unspecified atom stereocenters. The Morgan fingerprint density at radius 1 is 0.833 bits per heavy atom. The summed E-state index contributed by atoms with van der Waals surface area (Å²) in [6.07, 6.45) is 2.56. The molecule has 1 saturated heterocycles. The minimum absolute atomic E-state index is 0. The number of ether oxygens (including phenoxy) is 1. The maximum Gasteiger partial charge on any atom is 0 e. The van der Waals surface area contributed by atoms with Crippen molar-refractivity contribution in [3.63, 3.8) is 0 Å². The molecule has 0 amide bonds. The van der Waals surface area contributed by atoms with E-state index in [0.29, 0.717) is 0 Å². The van der Waals surface area contributed by atoms with Crippen LogP contribution in [-0.2, 0) is 56.9 Å². The van der Waals surface area contributed by atoms with Gasteiger partial charge in [-0.25, -0.2) is 0 Å². The minimum Gasteiger partial charge on any atom is 0 e. The Morgan fingerprint density at radius 3 is 1.17 bits per heavy atom. The van der Waals surface area contributed by atoms with Gasteiger partial charge in [-0.1, -0.05) is 0 Å². The molecule has 0 aromatic rings. The first-order valence-electron chi connectivity index (χ1n) is 2.61. The zero-order valence-corrected chi connectivity index (χ0v) is 20.2. The van der Waals surface area contributed by atoms with E-state index in [0.717, 1.165) is 13.2 Å². The minimum atomic E-state index is 0. The molecule has 0 aromatic carbocycles. The first-order valence-corrected chi connectivity index (χ1v) is 16.5. The molecule has 0 saturated carbocycles. The normalized spacial score (nSPS) is 11.2. The van der Waals surface area contributed by atoms with Crippen molar-refractivity contribution in [1.29, 1.82) is 0 Å². The van der Waals surface area contributed by atoms with Crippen molar-refractivity contribution < 1.29 is 56.9 Å². The van der Waals surface area contributed by atoms with Crippen LogP contribution >= 0.6 is 27.2 Å². The van der Waals surface area contributed by atoms with Gasteiger partial charge in [0.25, 0.3) is 0 Å². The molecule has 1 heterocycles. The summed E-state index contributed by atoms with van der Waals surface area (Å²) in [5, 5.41) is 0. The molecule has 64 valence electrons. The van der Waals surface area contributed by atoms with E-state index >= 15 is 0 Å². The van der Waals surface area contributed by atoms with Crippen LogP contribution in [0, 0.1) is 14.9 Å². The van der Waals surface area contributed by atoms with Crippen LogP contribution in [0.3, 0.4) is 0 Å². The summed E-state index contributed by atoms with van der Waals surface area (Å²) in [7, 11) is 0. The second-order valence-electron chi connectivity index (χ2n) is 1.32. The zero-order chi connectivity index (χ0) is 7.54. The van der Waals surface area contributed by atoms with E-state index < -0.39 is 0 Å². The maximum absolute atomic E-state index is 4.94. The molecule has 12 heavy (non-hydrogen) atoms. The number of hydrogen-bond acceptors (Lipinski definition) is 1. The Morgan fingerprint density at radius 2 is 1.08 bits per heavy atom. The van der Waals surface area contributed by atoms with Gasteiger partial charge < -0.3 is 19.6 Å². The predicted molar refractivity (Wildman–Crippen MR) is 50.7 cm³/mol. The molecule has 0 radical (unpaired) electrons. The average molecular weight is 458 g/mol. The molecule has 0 aromatic heterocycles. The molecule has 1 nitrogen and oxygen atoms in total. The zero-order valence-electron chi connectivity index (χ0n) is 8.11. The summed E-state index contributed by atoms with van der Waals surface area (Å²) in [5.41, 5.74) is 0. The first-order chi connectivity index (χ1) is 4.50. The summed E-state index contributed by atoms with van der Waals surface area (Å²) in [5.74, 6) is 0. The van der Waals surface area contributed by atoms with Crippen molar-refractivity contribution >= 4 is 27.2 Å². The van der Waals surface area contributed by atoms with Crippen LogP contribution < -0.4 is 0 Å². The quantitative estimate of drug-likeness (QED) is 0.400. The fourth-order valence-corrected chi connectivity index (χ4v) is 0.510. The van der Waals surface area contributed by atoms with Gasteiger partial charge >= 0.3 is 59.9 Å². The van der Waals surface area contributed by atoms with Crippen molar-refractivity contribution in [3.05, 3.63) is 14.9 Å². The van der Waals surface area contributed by atoms with E-state index in [4.69, 9.17) is 4.74 Å². The molecule has 0 aliphatic carbocycles. The Hall–Kier alpha value is 2.79. The van der Waals surface area contributed by atoms with Crippen molar-refractivity contribution in [2.75, 3.05) is 13.2 Å². The van der Waals surface area contributed by atoms with Gasteiger partial charge in [-0.15, -0.1) is 0 Å². The van der Waals surface area contributed by atoms with Crippen LogP contribution in [0.4, 0.5) is 0 Å². The van der Waals surface area contributed by atoms with Gasteiger partial charge in [-0.2, -0.15) is 0 Å². The Bertz CT molecular complexity index is 32.4. The van der Waals surface area contributed by atoms with Crippen LogP contribution in [-0.4, -0.2) is 13.2 Å². The predicted octanol–water partition coefficient (Wildman–Crippen LogP) is 3.38. The van der Waals surface area contributed by atoms with Crippen molar-refractivity contribution in [2.45, 2.75) is 12.8 Å². The van der Waals surface area contributed by atoms with E-state index in [9.17, 15) is 0 Å². The smallest absolute Gasteiger partial charge is 0 e. The molecule has 1 rings (SSSR count). The molecule has 1 aliphatic heterocycles. The van der Waals surface area contributed by atoms with E-state index in [1.165, 1.54) is 45.5 Å². The maximum atomic E-state index is 4.94. The Kier molecular flexibility index (Phi) is 90.9. The summed E-state index contributed by atoms with van der Waals surface area (Å²) < 4.78 is 4.94. The van der Waals surface area contributed by atoms with Crippen molar-refractivity contribution in [3.8, 4) is 0 Å². The van der Waals surface area contributed by atoms with Gasteiger partial charge in [-0.05, 0) is 12.8 Å². The summed E-state index contributed by atoms with van der Waals surface area (Å²) in [6.45, 7) is 2.00. The molecule has 0 spiro atoms. The third-order valence-corrected chi connectivity index (χ3v) is 0.827. The van der Waals surface area contributed by atoms with Gasteiger partial charge in [0.2, 0.25) is 0 Å². The van der Waals surface area contributed by atoms with Crippen molar-refractivity contribution in [1.82, 2.24) is 0 Å². The first kappa shape index (κ1) is 29.3. The fourth-order valence-electron chi connectivity index (χ4n) is 0.510. The van der Waals surface area contributed by atoms with Crippen LogP contribution in [0.15, 0.2) is 0 Å². The number of rotatable bonds is 0. The third-order valence-electron chi connectivity index (χ3n) is 0.827. The molecule has 0 atom stereocenters. The molecule has 0 N–H and O–H groups in total. The topological polar surface area (TPSA) is 9.23 Å². The van der Waals surface area contributed by atoms with Gasteiger partial charge in [0.05, 0.1) is 0 Å². The fraction of sp³-hybridized carbons (Fsp3) is 0.667. The summed E-state index contributed by atoms with van der Waals surface area (Å²) in [4.78, 5) is 0. The molecule has 1 fully saturated rings. The SMILES string of the molecule is C1CCOC1.[CH3-].[CH3-].[Zn+][Br].[Zn+][Br].[Zn]. The van der Waals surface area contributed by atoms with E-state index in [2.05, 4.69) is 27.2 Å². The average Bonchev–Trinajstić information content (AvgIpc) is 2.51. The summed E-state index contributed by atoms with van der Waals surface area (Å²) >= 11 is 8.50. The summed E-state index contributed by atoms with van der Waals surface area (Å²) in [6, 6.07) is 0. The van der Waals surface area contributed by atoms with Crippen LogP contribution in [0.2, 0.25) is 0 Å². The van der Waals surface area contributed by atoms with E-state index in [-0.39, 0.29) is 34.3 Å².